The minimum absolute atomic E-state index is 0.207. The van der Waals surface area contributed by atoms with Gasteiger partial charge in [0.2, 0.25) is 0 Å². The van der Waals surface area contributed by atoms with Crippen molar-refractivity contribution >= 4 is 0 Å². The van der Waals surface area contributed by atoms with Crippen LogP contribution in [-0.4, -0.2) is 41.1 Å². The zero-order valence-corrected chi connectivity index (χ0v) is 21.5. The highest BCUT2D eigenvalue weighted by molar-refractivity contribution is 5.59. The topological polar surface area (TPSA) is 65.5 Å². The standard InChI is InChI=1S/C30H26F4N4O2/c31-28-16-26(39-20-23-3-1-2-22(14-23)17-35)8-9-27(28)29-15-25(36-40-29)19-38-12-10-37(11-13-38)18-21-4-6-24(7-5-21)30(32,33)34/h1-9,14-16H,10-13,18-20H2. The molecule has 0 aliphatic carbocycles. The van der Waals surface area contributed by atoms with Gasteiger partial charge in [0.1, 0.15) is 18.2 Å². The Kier molecular flexibility index (Phi) is 8.14. The van der Waals surface area contributed by atoms with Crippen LogP contribution in [0.1, 0.15) is 27.9 Å². The second-order valence-corrected chi connectivity index (χ2v) is 9.67. The van der Waals surface area contributed by atoms with E-state index >= 15 is 0 Å². The minimum Gasteiger partial charge on any atom is -0.489 e. The molecule has 5 rings (SSSR count). The van der Waals surface area contributed by atoms with E-state index in [-0.39, 0.29) is 12.2 Å². The number of piperazine rings is 1. The number of hydrogen-bond acceptors (Lipinski definition) is 6. The molecule has 0 unspecified atom stereocenters. The Hall–Kier alpha value is -4.20. The molecule has 6 nitrogen and oxygen atoms in total. The van der Waals surface area contributed by atoms with Gasteiger partial charge in [0.05, 0.1) is 28.5 Å². The third-order valence-corrected chi connectivity index (χ3v) is 6.76. The van der Waals surface area contributed by atoms with Crippen molar-refractivity contribution in [2.24, 2.45) is 0 Å². The summed E-state index contributed by atoms with van der Waals surface area (Å²) >= 11 is 0. The molecule has 10 heteroatoms. The predicted molar refractivity (Wildman–Crippen MR) is 139 cm³/mol. The van der Waals surface area contributed by atoms with E-state index in [1.165, 1.54) is 18.2 Å². The normalized spacial score (nSPS) is 14.7. The molecule has 0 atom stereocenters. The van der Waals surface area contributed by atoms with Crippen molar-refractivity contribution in [2.45, 2.75) is 25.9 Å². The van der Waals surface area contributed by atoms with E-state index in [9.17, 15) is 17.6 Å². The largest absolute Gasteiger partial charge is 0.489 e. The van der Waals surface area contributed by atoms with E-state index in [0.29, 0.717) is 35.9 Å². The predicted octanol–water partition coefficient (Wildman–Crippen LogP) is 6.27. The summed E-state index contributed by atoms with van der Waals surface area (Å²) in [4.78, 5) is 4.41. The number of ether oxygens (including phenoxy) is 1. The van der Waals surface area contributed by atoms with Crippen LogP contribution in [0.3, 0.4) is 0 Å². The average molecular weight is 551 g/mol. The first-order valence-corrected chi connectivity index (χ1v) is 12.7. The monoisotopic (exact) mass is 550 g/mol. The number of aromatic nitrogens is 1. The van der Waals surface area contributed by atoms with Gasteiger partial charge in [-0.25, -0.2) is 4.39 Å². The van der Waals surface area contributed by atoms with Crippen molar-refractivity contribution in [2.75, 3.05) is 26.2 Å². The number of nitrogens with zero attached hydrogens (tertiary/aromatic N) is 4. The van der Waals surface area contributed by atoms with Gasteiger partial charge in [0.25, 0.3) is 0 Å². The zero-order chi connectivity index (χ0) is 28.1. The van der Waals surface area contributed by atoms with Crippen LogP contribution >= 0.6 is 0 Å². The molecule has 1 aromatic heterocycles. The fourth-order valence-corrected chi connectivity index (χ4v) is 4.59. The van der Waals surface area contributed by atoms with Crippen LogP contribution in [0.25, 0.3) is 11.3 Å². The third kappa shape index (κ3) is 6.86. The lowest BCUT2D eigenvalue weighted by molar-refractivity contribution is -0.137. The molecule has 1 fully saturated rings. The molecular formula is C30H26F4N4O2. The Balaban J connectivity index is 1.12. The number of nitriles is 1. The quantitative estimate of drug-likeness (QED) is 0.241. The molecule has 0 bridgehead atoms. The van der Waals surface area contributed by atoms with Crippen LogP contribution in [0.15, 0.2) is 77.3 Å². The van der Waals surface area contributed by atoms with Crippen molar-refractivity contribution in [1.82, 2.24) is 15.0 Å². The highest BCUT2D eigenvalue weighted by Crippen LogP contribution is 2.30. The Morgan fingerprint density at radius 2 is 1.60 bits per heavy atom. The molecule has 2 heterocycles. The number of rotatable bonds is 8. The van der Waals surface area contributed by atoms with Gasteiger partial charge in [-0.15, -0.1) is 0 Å². The first-order valence-electron chi connectivity index (χ1n) is 12.7. The van der Waals surface area contributed by atoms with Gasteiger partial charge in [-0.1, -0.05) is 29.4 Å². The van der Waals surface area contributed by atoms with Gasteiger partial charge in [-0.2, -0.15) is 18.4 Å². The van der Waals surface area contributed by atoms with E-state index < -0.39 is 17.6 Å². The second-order valence-electron chi connectivity index (χ2n) is 9.67. The van der Waals surface area contributed by atoms with E-state index in [1.807, 2.05) is 6.07 Å². The Bertz CT molecular complexity index is 1490. The molecule has 4 aromatic rings. The zero-order valence-electron chi connectivity index (χ0n) is 21.5. The maximum atomic E-state index is 14.9. The van der Waals surface area contributed by atoms with Crippen molar-refractivity contribution < 1.29 is 26.8 Å². The summed E-state index contributed by atoms with van der Waals surface area (Å²) in [5.41, 5.74) is 2.50. The van der Waals surface area contributed by atoms with Crippen LogP contribution in [0.4, 0.5) is 17.6 Å². The van der Waals surface area contributed by atoms with E-state index in [0.717, 1.165) is 49.4 Å². The number of benzene rings is 3. The third-order valence-electron chi connectivity index (χ3n) is 6.76. The van der Waals surface area contributed by atoms with Crippen LogP contribution in [0.2, 0.25) is 0 Å². The van der Waals surface area contributed by atoms with Crippen LogP contribution in [0, 0.1) is 17.1 Å². The van der Waals surface area contributed by atoms with Crippen molar-refractivity contribution in [3.8, 4) is 23.1 Å². The van der Waals surface area contributed by atoms with Crippen molar-refractivity contribution in [1.29, 1.82) is 5.26 Å². The number of alkyl halides is 3. The van der Waals surface area contributed by atoms with Crippen LogP contribution < -0.4 is 4.74 Å². The highest BCUT2D eigenvalue weighted by atomic mass is 19.4. The van der Waals surface area contributed by atoms with Gasteiger partial charge in [0, 0.05) is 51.4 Å². The fraction of sp³-hybridized carbons (Fsp3) is 0.267. The minimum atomic E-state index is -4.33. The summed E-state index contributed by atoms with van der Waals surface area (Å²) in [6.45, 7) is 4.40. The lowest BCUT2D eigenvalue weighted by atomic mass is 10.1. The maximum Gasteiger partial charge on any atom is 0.416 e. The smallest absolute Gasteiger partial charge is 0.416 e. The molecule has 0 radical (unpaired) electrons. The van der Waals surface area contributed by atoms with Gasteiger partial charge < -0.3 is 9.26 Å². The molecule has 1 aliphatic heterocycles. The first-order chi connectivity index (χ1) is 19.3. The lowest BCUT2D eigenvalue weighted by Gasteiger charge is -2.34. The highest BCUT2D eigenvalue weighted by Gasteiger charge is 2.30. The molecule has 0 saturated carbocycles. The van der Waals surface area contributed by atoms with E-state index in [4.69, 9.17) is 14.5 Å². The molecule has 3 aromatic carbocycles. The fourth-order valence-electron chi connectivity index (χ4n) is 4.59. The SMILES string of the molecule is N#Cc1cccc(COc2ccc(-c3cc(CN4CCN(Cc5ccc(C(F)(F)F)cc5)CC4)no3)c(F)c2)c1. The van der Waals surface area contributed by atoms with Gasteiger partial charge in [-0.3, -0.25) is 9.80 Å². The summed E-state index contributed by atoms with van der Waals surface area (Å²) in [5, 5.41) is 13.1. The Morgan fingerprint density at radius 1 is 0.875 bits per heavy atom. The summed E-state index contributed by atoms with van der Waals surface area (Å²) in [5.74, 6) is 0.182. The van der Waals surface area contributed by atoms with Gasteiger partial charge in [-0.05, 0) is 47.5 Å². The second kappa shape index (κ2) is 11.9. The van der Waals surface area contributed by atoms with E-state index in [2.05, 4.69) is 21.0 Å². The van der Waals surface area contributed by atoms with Crippen molar-refractivity contribution in [3.63, 3.8) is 0 Å². The van der Waals surface area contributed by atoms with E-state index in [1.54, 1.807) is 36.4 Å². The summed E-state index contributed by atoms with van der Waals surface area (Å²) in [6.07, 6.45) is -4.33. The number of halogens is 4. The molecular weight excluding hydrogens is 524 g/mol. The summed E-state index contributed by atoms with van der Waals surface area (Å²) in [6, 6.07) is 20.7. The summed E-state index contributed by atoms with van der Waals surface area (Å²) < 4.78 is 64.3. The molecule has 1 aliphatic rings. The first kappa shape index (κ1) is 27.4. The Morgan fingerprint density at radius 3 is 2.27 bits per heavy atom. The van der Waals surface area contributed by atoms with Crippen LogP contribution in [0.5, 0.6) is 5.75 Å². The van der Waals surface area contributed by atoms with Crippen LogP contribution in [-0.2, 0) is 25.9 Å². The van der Waals surface area contributed by atoms with Crippen molar-refractivity contribution in [3.05, 3.63) is 107 Å². The molecule has 0 amide bonds. The molecule has 0 N–H and O–H groups in total. The Labute approximate surface area is 229 Å². The molecule has 40 heavy (non-hydrogen) atoms. The van der Waals surface area contributed by atoms with Gasteiger partial charge in [0.15, 0.2) is 5.76 Å². The summed E-state index contributed by atoms with van der Waals surface area (Å²) in [7, 11) is 0. The lowest BCUT2D eigenvalue weighted by Crippen LogP contribution is -2.45. The molecule has 206 valence electrons. The average Bonchev–Trinajstić information content (AvgIpc) is 3.41. The van der Waals surface area contributed by atoms with Gasteiger partial charge >= 0.3 is 6.18 Å². The number of hydrogen-bond donors (Lipinski definition) is 0. The molecule has 1 saturated heterocycles. The molecule has 0 spiro atoms. The maximum absolute atomic E-state index is 14.9.